The van der Waals surface area contributed by atoms with Gasteiger partial charge >= 0.3 is 5.97 Å². The summed E-state index contributed by atoms with van der Waals surface area (Å²) in [5.74, 6) is -1.23. The summed E-state index contributed by atoms with van der Waals surface area (Å²) >= 11 is 1.31. The molecule has 2 aliphatic heterocycles. The number of fused-ring (bicyclic) bond motifs is 1. The maximum absolute atomic E-state index is 12.2. The van der Waals surface area contributed by atoms with E-state index in [1.807, 2.05) is 48.2 Å². The highest BCUT2D eigenvalue weighted by molar-refractivity contribution is 8.16. The monoisotopic (exact) mass is 425 g/mol. The molecule has 2 unspecified atom stereocenters. The molecule has 2 atom stereocenters. The maximum atomic E-state index is 12.2. The van der Waals surface area contributed by atoms with Crippen molar-refractivity contribution in [3.8, 4) is 0 Å². The van der Waals surface area contributed by atoms with Crippen molar-refractivity contribution in [2.75, 3.05) is 35.4 Å². The molecule has 1 N–H and O–H groups in total. The largest absolute Gasteiger partial charge is 0.481 e. The van der Waals surface area contributed by atoms with Gasteiger partial charge in [-0.25, -0.2) is 8.42 Å². The lowest BCUT2D eigenvalue weighted by atomic mass is 10.2. The summed E-state index contributed by atoms with van der Waals surface area (Å²) in [6, 6.07) is 7.40. The molecule has 10 heteroatoms. The van der Waals surface area contributed by atoms with Crippen molar-refractivity contribution in [2.24, 2.45) is 4.99 Å². The summed E-state index contributed by atoms with van der Waals surface area (Å²) in [6.45, 7) is 0. The Morgan fingerprint density at radius 2 is 1.89 bits per heavy atom. The quantitative estimate of drug-likeness (QED) is 0.732. The van der Waals surface area contributed by atoms with Crippen LogP contribution in [0.2, 0.25) is 0 Å². The van der Waals surface area contributed by atoms with E-state index >= 15 is 0 Å². The number of aliphatic carboxylic acids is 1. The molecule has 2 saturated heterocycles. The fourth-order valence-electron chi connectivity index (χ4n) is 3.33. The van der Waals surface area contributed by atoms with Crippen molar-refractivity contribution in [3.63, 3.8) is 0 Å². The van der Waals surface area contributed by atoms with Crippen LogP contribution in [0.3, 0.4) is 0 Å². The third-order valence-corrected chi connectivity index (χ3v) is 7.92. The van der Waals surface area contributed by atoms with Gasteiger partial charge in [-0.1, -0.05) is 11.8 Å². The van der Waals surface area contributed by atoms with Crippen LogP contribution in [-0.2, 0) is 19.4 Å². The molecule has 0 aromatic heterocycles. The summed E-state index contributed by atoms with van der Waals surface area (Å²) in [5, 5.41) is 9.03. The smallest absolute Gasteiger partial charge is 0.303 e. The van der Waals surface area contributed by atoms with Crippen molar-refractivity contribution < 1.29 is 23.1 Å². The third kappa shape index (κ3) is 4.67. The van der Waals surface area contributed by atoms with Gasteiger partial charge in [-0.05, 0) is 30.7 Å². The van der Waals surface area contributed by atoms with E-state index < -0.39 is 15.8 Å². The van der Waals surface area contributed by atoms with Crippen molar-refractivity contribution >= 4 is 50.0 Å². The van der Waals surface area contributed by atoms with Crippen LogP contribution in [0.1, 0.15) is 19.3 Å². The van der Waals surface area contributed by atoms with Crippen molar-refractivity contribution in [2.45, 2.75) is 30.6 Å². The number of aliphatic imine (C=N–C) groups is 1. The zero-order valence-electron chi connectivity index (χ0n) is 15.7. The van der Waals surface area contributed by atoms with E-state index in [2.05, 4.69) is 4.99 Å². The number of carbonyl (C=O) groups excluding carboxylic acids is 1. The fourth-order valence-corrected chi connectivity index (χ4v) is 7.26. The first-order valence-corrected chi connectivity index (χ1v) is 11.6. The number of carbonyl (C=O) groups is 2. The van der Waals surface area contributed by atoms with E-state index in [0.717, 1.165) is 11.4 Å². The molecule has 0 bridgehead atoms. The van der Waals surface area contributed by atoms with Gasteiger partial charge in [0.25, 0.3) is 0 Å². The Bertz CT molecular complexity index is 896. The lowest BCUT2D eigenvalue weighted by Gasteiger charge is -2.25. The average molecular weight is 426 g/mol. The van der Waals surface area contributed by atoms with Crippen molar-refractivity contribution in [1.29, 1.82) is 0 Å². The number of sulfone groups is 1. The molecule has 2 heterocycles. The fraction of sp³-hybridized carbons (Fsp3) is 0.500. The summed E-state index contributed by atoms with van der Waals surface area (Å²) < 4.78 is 24.2. The van der Waals surface area contributed by atoms with Gasteiger partial charge in [0.05, 0.1) is 17.5 Å². The van der Waals surface area contributed by atoms with Gasteiger partial charge in [0.2, 0.25) is 5.91 Å². The molecule has 2 aliphatic rings. The molecule has 0 spiro atoms. The van der Waals surface area contributed by atoms with Gasteiger partial charge in [-0.2, -0.15) is 4.99 Å². The Kier molecular flexibility index (Phi) is 5.99. The second kappa shape index (κ2) is 8.12. The Labute approximate surface area is 168 Å². The Morgan fingerprint density at radius 3 is 2.50 bits per heavy atom. The van der Waals surface area contributed by atoms with E-state index in [0.29, 0.717) is 5.17 Å². The Hall–Kier alpha value is -2.07. The van der Waals surface area contributed by atoms with E-state index in [1.165, 1.54) is 11.8 Å². The van der Waals surface area contributed by atoms with Crippen LogP contribution in [0.4, 0.5) is 11.4 Å². The summed E-state index contributed by atoms with van der Waals surface area (Å²) in [5.41, 5.74) is 1.80. The number of thioether (sulfide) groups is 1. The second-order valence-electron chi connectivity index (χ2n) is 7.12. The van der Waals surface area contributed by atoms with Gasteiger partial charge in [0, 0.05) is 43.6 Å². The molecule has 1 amide bonds. The number of nitrogens with zero attached hydrogens (tertiary/aromatic N) is 3. The highest BCUT2D eigenvalue weighted by atomic mass is 32.2. The first-order chi connectivity index (χ1) is 13.2. The minimum Gasteiger partial charge on any atom is -0.481 e. The predicted octanol–water partition coefficient (Wildman–Crippen LogP) is 1.61. The van der Waals surface area contributed by atoms with Crippen LogP contribution in [0, 0.1) is 0 Å². The van der Waals surface area contributed by atoms with Gasteiger partial charge in [-0.3, -0.25) is 9.59 Å². The van der Waals surface area contributed by atoms with Crippen LogP contribution in [-0.4, -0.2) is 67.5 Å². The number of anilines is 2. The third-order valence-electron chi connectivity index (χ3n) is 4.71. The molecule has 0 aliphatic carbocycles. The van der Waals surface area contributed by atoms with Crippen molar-refractivity contribution in [1.82, 2.24) is 0 Å². The molecule has 0 radical (unpaired) electrons. The molecule has 152 valence electrons. The van der Waals surface area contributed by atoms with Crippen LogP contribution >= 0.6 is 11.8 Å². The minimum atomic E-state index is -3.12. The van der Waals surface area contributed by atoms with Crippen LogP contribution < -0.4 is 9.80 Å². The lowest BCUT2D eigenvalue weighted by Crippen LogP contribution is -2.37. The van der Waals surface area contributed by atoms with Gasteiger partial charge in [0.15, 0.2) is 15.0 Å². The first-order valence-electron chi connectivity index (χ1n) is 8.93. The van der Waals surface area contributed by atoms with E-state index in [1.54, 1.807) is 0 Å². The number of amidine groups is 1. The maximum Gasteiger partial charge on any atom is 0.303 e. The molecule has 1 aromatic rings. The second-order valence-corrected chi connectivity index (χ2v) is 10.5. The molecule has 8 nitrogen and oxygen atoms in total. The molecule has 2 fully saturated rings. The van der Waals surface area contributed by atoms with Crippen LogP contribution in [0.15, 0.2) is 29.3 Å². The predicted molar refractivity (Wildman–Crippen MR) is 111 cm³/mol. The number of rotatable bonds is 6. The SMILES string of the molecule is CN(C)c1ccc(N2C(=NC(=O)CCCC(=O)O)SC3CS(=O)(=O)CC32)cc1. The van der Waals surface area contributed by atoms with E-state index in [-0.39, 0.29) is 48.0 Å². The highest BCUT2D eigenvalue weighted by Gasteiger charge is 2.49. The van der Waals surface area contributed by atoms with Crippen molar-refractivity contribution in [3.05, 3.63) is 24.3 Å². The molecular formula is C18H23N3O5S2. The zero-order valence-corrected chi connectivity index (χ0v) is 17.4. The Balaban J connectivity index is 1.85. The van der Waals surface area contributed by atoms with E-state index in [9.17, 15) is 18.0 Å². The standard InChI is InChI=1S/C18H23N3O5S2/c1-20(2)12-6-8-13(9-7-12)21-14-10-28(25,26)11-15(14)27-18(21)19-16(22)4-3-5-17(23)24/h6-9,14-15H,3-5,10-11H2,1-2H3,(H,23,24). The summed E-state index contributed by atoms with van der Waals surface area (Å²) in [7, 11) is 0.747. The van der Waals surface area contributed by atoms with Gasteiger partial charge < -0.3 is 14.9 Å². The van der Waals surface area contributed by atoms with Gasteiger partial charge in [0.1, 0.15) is 0 Å². The van der Waals surface area contributed by atoms with Gasteiger partial charge in [-0.15, -0.1) is 0 Å². The normalized spacial score (nSPS) is 24.4. The highest BCUT2D eigenvalue weighted by Crippen LogP contribution is 2.41. The molecular weight excluding hydrogens is 402 g/mol. The minimum absolute atomic E-state index is 0.0341. The summed E-state index contributed by atoms with van der Waals surface area (Å²) in [6.07, 6.45) is 0.203. The number of carboxylic acids is 1. The topological polar surface area (TPSA) is 107 Å². The average Bonchev–Trinajstić information content (AvgIpc) is 3.05. The zero-order chi connectivity index (χ0) is 20.5. The molecule has 0 saturated carbocycles. The van der Waals surface area contributed by atoms with Crippen LogP contribution in [0.25, 0.3) is 0 Å². The Morgan fingerprint density at radius 1 is 1.21 bits per heavy atom. The summed E-state index contributed by atoms with van der Waals surface area (Å²) in [4.78, 5) is 30.8. The number of hydrogen-bond donors (Lipinski definition) is 1. The van der Waals surface area contributed by atoms with Crippen LogP contribution in [0.5, 0.6) is 0 Å². The number of benzene rings is 1. The molecule has 3 rings (SSSR count). The molecule has 28 heavy (non-hydrogen) atoms. The molecule has 1 aromatic carbocycles. The van der Waals surface area contributed by atoms with E-state index in [4.69, 9.17) is 5.11 Å². The number of carboxylic acid groups (broad SMARTS) is 1. The number of amides is 1. The lowest BCUT2D eigenvalue weighted by molar-refractivity contribution is -0.137. The first kappa shape index (κ1) is 20.7. The number of hydrogen-bond acceptors (Lipinski definition) is 6.